The molecule has 0 bridgehead atoms. The van der Waals surface area contributed by atoms with Crippen LogP contribution in [0.15, 0.2) is 0 Å². The van der Waals surface area contributed by atoms with Gasteiger partial charge in [-0.25, -0.2) is 0 Å². The van der Waals surface area contributed by atoms with Gasteiger partial charge in [0.05, 0.1) is 26.2 Å². The van der Waals surface area contributed by atoms with E-state index in [4.69, 9.17) is 0 Å². The van der Waals surface area contributed by atoms with Gasteiger partial charge >= 0.3 is 17.9 Å². The molecule has 0 spiro atoms. The number of likely N-dealkylation sites (tertiary alicyclic amines) is 1. The van der Waals surface area contributed by atoms with Crippen molar-refractivity contribution < 1.29 is 34.5 Å². The maximum atomic E-state index is 12.6. The molecule has 0 aliphatic carbocycles. The van der Waals surface area contributed by atoms with E-state index in [1.54, 1.807) is 14.7 Å². The van der Waals surface area contributed by atoms with Gasteiger partial charge in [-0.3, -0.25) is 38.8 Å². The van der Waals surface area contributed by atoms with Gasteiger partial charge in [-0.2, -0.15) is 0 Å². The summed E-state index contributed by atoms with van der Waals surface area (Å²) in [5.41, 5.74) is 0. The summed E-state index contributed by atoms with van der Waals surface area (Å²) in [4.78, 5) is 56.2. The minimum atomic E-state index is -0.991. The molecule has 4 N–H and O–H groups in total. The Morgan fingerprint density at radius 3 is 1.27 bits per heavy atom. The average Bonchev–Trinajstić information content (AvgIpc) is 3.33. The second-order valence-corrected chi connectivity index (χ2v) is 9.89. The van der Waals surface area contributed by atoms with Gasteiger partial charge in [0.2, 0.25) is 5.91 Å². The molecular formula is C24H44N6O7. The second-order valence-electron chi connectivity index (χ2n) is 9.89. The first-order chi connectivity index (χ1) is 17.7. The highest BCUT2D eigenvalue weighted by Crippen LogP contribution is 2.08. The summed E-state index contributed by atoms with van der Waals surface area (Å²) in [7, 11) is 0. The number of hydrogen-bond acceptors (Lipinski definition) is 9. The van der Waals surface area contributed by atoms with Crippen LogP contribution in [-0.4, -0.2) is 168 Å². The van der Waals surface area contributed by atoms with E-state index in [9.17, 15) is 34.5 Å². The Morgan fingerprint density at radius 2 is 0.892 bits per heavy atom. The number of rotatable bonds is 13. The molecule has 0 radical (unpaired) electrons. The van der Waals surface area contributed by atoms with Crippen molar-refractivity contribution in [3.05, 3.63) is 0 Å². The predicted octanol–water partition coefficient (Wildman–Crippen LogP) is -1.55. The number of carboxylic acid groups (broad SMARTS) is 3. The number of aliphatic carboxylic acids is 3. The maximum absolute atomic E-state index is 12.6. The van der Waals surface area contributed by atoms with Crippen molar-refractivity contribution in [1.29, 1.82) is 0 Å². The van der Waals surface area contributed by atoms with Crippen LogP contribution in [0.3, 0.4) is 0 Å². The largest absolute Gasteiger partial charge is 0.480 e. The van der Waals surface area contributed by atoms with Crippen LogP contribution < -0.4 is 5.32 Å². The highest BCUT2D eigenvalue weighted by Gasteiger charge is 2.21. The van der Waals surface area contributed by atoms with E-state index in [0.717, 1.165) is 32.5 Å². The van der Waals surface area contributed by atoms with Gasteiger partial charge in [0.25, 0.3) is 0 Å². The molecular weight excluding hydrogens is 484 g/mol. The van der Waals surface area contributed by atoms with E-state index in [0.29, 0.717) is 58.9 Å². The lowest BCUT2D eigenvalue weighted by Crippen LogP contribution is -2.49. The molecule has 13 heteroatoms. The molecule has 2 fully saturated rings. The fraction of sp³-hybridized carbons (Fsp3) is 0.833. The molecule has 0 saturated carbocycles. The monoisotopic (exact) mass is 528 g/mol. The molecule has 0 atom stereocenters. The van der Waals surface area contributed by atoms with E-state index in [1.165, 1.54) is 12.8 Å². The third-order valence-corrected chi connectivity index (χ3v) is 6.80. The highest BCUT2D eigenvalue weighted by molar-refractivity contribution is 5.78. The number of nitrogens with one attached hydrogen (secondary N) is 1. The van der Waals surface area contributed by atoms with Crippen LogP contribution >= 0.6 is 0 Å². The van der Waals surface area contributed by atoms with Crippen LogP contribution in [0.2, 0.25) is 0 Å². The minimum Gasteiger partial charge on any atom is -0.480 e. The van der Waals surface area contributed by atoms with Crippen LogP contribution in [0.5, 0.6) is 0 Å². The first-order valence-electron chi connectivity index (χ1n) is 13.2. The number of amides is 1. The maximum Gasteiger partial charge on any atom is 0.317 e. The van der Waals surface area contributed by atoms with Gasteiger partial charge in [0.1, 0.15) is 0 Å². The van der Waals surface area contributed by atoms with Gasteiger partial charge in [-0.05, 0) is 45.3 Å². The van der Waals surface area contributed by atoms with Gasteiger partial charge in [0, 0.05) is 58.9 Å². The van der Waals surface area contributed by atoms with Crippen molar-refractivity contribution >= 4 is 23.8 Å². The molecule has 13 nitrogen and oxygen atoms in total. The minimum absolute atomic E-state index is 0.101. The lowest BCUT2D eigenvalue weighted by molar-refractivity contribution is -0.140. The Kier molecular flexibility index (Phi) is 14.4. The average molecular weight is 529 g/mol. The lowest BCUT2D eigenvalue weighted by Gasteiger charge is -2.32. The van der Waals surface area contributed by atoms with Crippen LogP contribution in [-0.2, 0) is 19.2 Å². The molecule has 212 valence electrons. The smallest absolute Gasteiger partial charge is 0.317 e. The van der Waals surface area contributed by atoms with Gasteiger partial charge in [0.15, 0.2) is 0 Å². The summed E-state index contributed by atoms with van der Waals surface area (Å²) >= 11 is 0. The summed E-state index contributed by atoms with van der Waals surface area (Å²) in [5, 5.41) is 30.8. The Balaban J connectivity index is 1.92. The number of unbranched alkanes of at least 4 members (excludes halogenated alkanes) is 1. The van der Waals surface area contributed by atoms with Crippen LogP contribution in [0.1, 0.15) is 25.7 Å². The molecule has 2 saturated heterocycles. The van der Waals surface area contributed by atoms with Crippen molar-refractivity contribution in [2.24, 2.45) is 0 Å². The van der Waals surface area contributed by atoms with Gasteiger partial charge in [-0.1, -0.05) is 0 Å². The third kappa shape index (κ3) is 14.3. The zero-order valence-corrected chi connectivity index (χ0v) is 21.9. The molecule has 2 aliphatic rings. The van der Waals surface area contributed by atoms with E-state index in [2.05, 4.69) is 10.2 Å². The number of nitrogens with zero attached hydrogens (tertiary/aromatic N) is 5. The number of carbonyl (C=O) groups is 4. The van der Waals surface area contributed by atoms with Gasteiger partial charge < -0.3 is 25.5 Å². The van der Waals surface area contributed by atoms with Crippen molar-refractivity contribution in [3.63, 3.8) is 0 Å². The van der Waals surface area contributed by atoms with Gasteiger partial charge in [-0.15, -0.1) is 0 Å². The molecule has 2 rings (SSSR count). The molecule has 0 aromatic rings. The lowest BCUT2D eigenvalue weighted by atomic mass is 10.3. The summed E-state index contributed by atoms with van der Waals surface area (Å²) in [6.45, 7) is 6.67. The van der Waals surface area contributed by atoms with Crippen molar-refractivity contribution in [1.82, 2.24) is 29.8 Å². The van der Waals surface area contributed by atoms with Crippen molar-refractivity contribution in [3.8, 4) is 0 Å². The van der Waals surface area contributed by atoms with E-state index in [1.807, 2.05) is 4.90 Å². The molecule has 37 heavy (non-hydrogen) atoms. The Hall–Kier alpha value is -2.32. The first kappa shape index (κ1) is 30.9. The molecule has 2 aliphatic heterocycles. The Bertz CT molecular complexity index is 702. The molecule has 0 unspecified atom stereocenters. The summed E-state index contributed by atoms with van der Waals surface area (Å²) in [5.74, 6) is -3.03. The topological polar surface area (TPSA) is 157 Å². The van der Waals surface area contributed by atoms with Crippen molar-refractivity contribution in [2.75, 3.05) is 105 Å². The standard InChI is InChI=1S/C24H44N6O7/c31-21(25-5-1-2-6-26-7-3-4-8-26)17-27-9-11-28(18-22(32)33)13-15-30(20-24(36)37)16-14-29(12-10-27)19-23(34)35/h1-20H2,(H,25,31)(H,32,33)(H,34,35)(H,36,37). The SMILES string of the molecule is O=C(O)CN1CCN(CC(=O)O)CCN(CC(=O)NCCCCN2CCCC2)CCN(CC(=O)O)CC1. The first-order valence-corrected chi connectivity index (χ1v) is 13.2. The van der Waals surface area contributed by atoms with E-state index >= 15 is 0 Å². The van der Waals surface area contributed by atoms with E-state index < -0.39 is 17.9 Å². The number of hydrogen-bond donors (Lipinski definition) is 4. The number of carbonyl (C=O) groups excluding carboxylic acids is 1. The summed E-state index contributed by atoms with van der Waals surface area (Å²) in [6.07, 6.45) is 4.48. The van der Waals surface area contributed by atoms with E-state index in [-0.39, 0.29) is 32.1 Å². The molecule has 2 heterocycles. The fourth-order valence-electron chi connectivity index (χ4n) is 4.74. The van der Waals surface area contributed by atoms with Crippen LogP contribution in [0.25, 0.3) is 0 Å². The number of carboxylic acids is 3. The zero-order valence-electron chi connectivity index (χ0n) is 21.9. The second kappa shape index (κ2) is 17.2. The quantitative estimate of drug-likeness (QED) is 0.204. The fourth-order valence-corrected chi connectivity index (χ4v) is 4.74. The predicted molar refractivity (Wildman–Crippen MR) is 137 cm³/mol. The third-order valence-electron chi connectivity index (χ3n) is 6.80. The molecule has 1 amide bonds. The van der Waals surface area contributed by atoms with Crippen LogP contribution in [0, 0.1) is 0 Å². The molecule has 0 aromatic heterocycles. The zero-order chi connectivity index (χ0) is 27.0. The molecule has 0 aromatic carbocycles. The van der Waals surface area contributed by atoms with Crippen LogP contribution in [0.4, 0.5) is 0 Å². The normalized spacial score (nSPS) is 20.2. The highest BCUT2D eigenvalue weighted by atomic mass is 16.4. The van der Waals surface area contributed by atoms with Crippen molar-refractivity contribution in [2.45, 2.75) is 25.7 Å². The Morgan fingerprint density at radius 1 is 0.514 bits per heavy atom. The summed E-state index contributed by atoms with van der Waals surface area (Å²) < 4.78 is 0. The Labute approximate surface area is 218 Å². The summed E-state index contributed by atoms with van der Waals surface area (Å²) in [6, 6.07) is 0.